The first-order chi connectivity index (χ1) is 12.5. The second-order valence-corrected chi connectivity index (χ2v) is 4.90. The van der Waals surface area contributed by atoms with Gasteiger partial charge in [0.25, 0.3) is 0 Å². The summed E-state index contributed by atoms with van der Waals surface area (Å²) in [7, 11) is 1.42. The Bertz CT molecular complexity index is 806. The highest BCUT2D eigenvalue weighted by molar-refractivity contribution is 5.91. The van der Waals surface area contributed by atoms with Crippen molar-refractivity contribution in [2.24, 2.45) is 5.10 Å². The van der Waals surface area contributed by atoms with Gasteiger partial charge in [0.2, 0.25) is 0 Å². The maximum atomic E-state index is 12.9. The molecular formula is C18H17FN2O5. The van der Waals surface area contributed by atoms with E-state index in [-0.39, 0.29) is 17.9 Å². The summed E-state index contributed by atoms with van der Waals surface area (Å²) < 4.78 is 28.1. The molecule has 2 rings (SSSR count). The number of rotatable bonds is 6. The zero-order chi connectivity index (χ0) is 18.9. The summed E-state index contributed by atoms with van der Waals surface area (Å²) in [6, 6.07) is 9.70. The van der Waals surface area contributed by atoms with Crippen molar-refractivity contribution >= 4 is 18.3 Å². The number of hydrogen-bond donors (Lipinski definition) is 1. The first kappa shape index (κ1) is 18.9. The number of esters is 1. The van der Waals surface area contributed by atoms with Crippen molar-refractivity contribution in [1.82, 2.24) is 5.43 Å². The van der Waals surface area contributed by atoms with Crippen LogP contribution in [0.25, 0.3) is 0 Å². The van der Waals surface area contributed by atoms with Crippen LogP contribution in [0.1, 0.15) is 22.8 Å². The second-order valence-electron chi connectivity index (χ2n) is 4.90. The molecule has 2 aromatic carbocycles. The van der Waals surface area contributed by atoms with Gasteiger partial charge in [0, 0.05) is 0 Å². The molecule has 8 heteroatoms. The SMILES string of the molecule is CCOC(=O)N/N=C\c1ccc(OC(=O)c2ccc(F)cc2)c(OC)c1. The van der Waals surface area contributed by atoms with Gasteiger partial charge in [-0.1, -0.05) is 0 Å². The van der Waals surface area contributed by atoms with E-state index >= 15 is 0 Å². The smallest absolute Gasteiger partial charge is 0.427 e. The fourth-order valence-corrected chi connectivity index (χ4v) is 1.92. The number of carbonyl (C=O) groups excluding carboxylic acids is 2. The van der Waals surface area contributed by atoms with Crippen LogP contribution in [0.4, 0.5) is 9.18 Å². The number of nitrogens with zero attached hydrogens (tertiary/aromatic N) is 1. The second kappa shape index (κ2) is 9.16. The molecule has 26 heavy (non-hydrogen) atoms. The van der Waals surface area contributed by atoms with Crippen LogP contribution in [0.15, 0.2) is 47.6 Å². The van der Waals surface area contributed by atoms with Crippen molar-refractivity contribution < 1.29 is 28.2 Å². The van der Waals surface area contributed by atoms with Gasteiger partial charge in [-0.2, -0.15) is 5.10 Å². The van der Waals surface area contributed by atoms with E-state index in [9.17, 15) is 14.0 Å². The number of amides is 1. The lowest BCUT2D eigenvalue weighted by atomic mass is 10.2. The Hall–Kier alpha value is -3.42. The molecular weight excluding hydrogens is 343 g/mol. The summed E-state index contributed by atoms with van der Waals surface area (Å²) in [5, 5.41) is 3.73. The molecule has 7 nitrogen and oxygen atoms in total. The van der Waals surface area contributed by atoms with E-state index in [2.05, 4.69) is 15.3 Å². The predicted molar refractivity (Wildman–Crippen MR) is 92.1 cm³/mol. The highest BCUT2D eigenvalue weighted by Gasteiger charge is 2.13. The van der Waals surface area contributed by atoms with Crippen LogP contribution >= 0.6 is 0 Å². The highest BCUT2D eigenvalue weighted by Crippen LogP contribution is 2.28. The molecule has 1 amide bonds. The average Bonchev–Trinajstić information content (AvgIpc) is 2.63. The minimum absolute atomic E-state index is 0.192. The minimum Gasteiger partial charge on any atom is -0.493 e. The predicted octanol–water partition coefficient (Wildman–Crippen LogP) is 3.13. The Morgan fingerprint density at radius 1 is 1.15 bits per heavy atom. The van der Waals surface area contributed by atoms with E-state index in [1.807, 2.05) is 0 Å². The van der Waals surface area contributed by atoms with Gasteiger partial charge in [-0.05, 0) is 55.0 Å². The number of hydrazone groups is 1. The van der Waals surface area contributed by atoms with Gasteiger partial charge >= 0.3 is 12.1 Å². The molecule has 0 unspecified atom stereocenters. The van der Waals surface area contributed by atoms with Crippen LogP contribution in [-0.4, -0.2) is 32.0 Å². The van der Waals surface area contributed by atoms with Crippen LogP contribution in [-0.2, 0) is 4.74 Å². The molecule has 0 aliphatic heterocycles. The van der Waals surface area contributed by atoms with Gasteiger partial charge in [0.1, 0.15) is 5.82 Å². The number of hydrogen-bond acceptors (Lipinski definition) is 6. The molecule has 0 saturated carbocycles. The molecule has 0 aliphatic carbocycles. The van der Waals surface area contributed by atoms with Crippen LogP contribution in [0.5, 0.6) is 11.5 Å². The number of halogens is 1. The zero-order valence-corrected chi connectivity index (χ0v) is 14.2. The largest absolute Gasteiger partial charge is 0.493 e. The Morgan fingerprint density at radius 3 is 2.54 bits per heavy atom. The Balaban J connectivity index is 2.08. The van der Waals surface area contributed by atoms with Crippen LogP contribution < -0.4 is 14.9 Å². The molecule has 2 aromatic rings. The van der Waals surface area contributed by atoms with E-state index in [0.29, 0.717) is 11.3 Å². The summed E-state index contributed by atoms with van der Waals surface area (Å²) in [4.78, 5) is 23.2. The van der Waals surface area contributed by atoms with Gasteiger partial charge in [-0.3, -0.25) is 0 Å². The Kier molecular flexibility index (Phi) is 6.67. The third-order valence-electron chi connectivity index (χ3n) is 3.12. The fourth-order valence-electron chi connectivity index (χ4n) is 1.92. The van der Waals surface area contributed by atoms with E-state index in [0.717, 1.165) is 0 Å². The lowest BCUT2D eigenvalue weighted by Gasteiger charge is -2.10. The normalized spacial score (nSPS) is 10.4. The lowest BCUT2D eigenvalue weighted by Crippen LogP contribution is -2.18. The number of carbonyl (C=O) groups is 2. The molecule has 0 heterocycles. The summed E-state index contributed by atoms with van der Waals surface area (Å²) in [5.74, 6) is -0.606. The van der Waals surface area contributed by atoms with Crippen molar-refractivity contribution in [2.45, 2.75) is 6.92 Å². The summed E-state index contributed by atoms with van der Waals surface area (Å²) >= 11 is 0. The monoisotopic (exact) mass is 360 g/mol. The molecule has 0 saturated heterocycles. The van der Waals surface area contributed by atoms with Crippen molar-refractivity contribution in [2.75, 3.05) is 13.7 Å². The zero-order valence-electron chi connectivity index (χ0n) is 14.2. The first-order valence-electron chi connectivity index (χ1n) is 7.65. The van der Waals surface area contributed by atoms with Crippen molar-refractivity contribution in [1.29, 1.82) is 0 Å². The van der Waals surface area contributed by atoms with Crippen molar-refractivity contribution in [3.8, 4) is 11.5 Å². The Labute approximate surface area is 149 Å². The lowest BCUT2D eigenvalue weighted by molar-refractivity contribution is 0.0729. The van der Waals surface area contributed by atoms with Gasteiger partial charge in [0.15, 0.2) is 11.5 Å². The van der Waals surface area contributed by atoms with E-state index in [1.54, 1.807) is 19.1 Å². The van der Waals surface area contributed by atoms with Crippen LogP contribution in [0, 0.1) is 5.82 Å². The standard InChI is InChI=1S/C18H17FN2O5/c1-3-25-18(23)21-20-11-12-4-9-15(16(10-12)24-2)26-17(22)13-5-7-14(19)8-6-13/h4-11H,3H2,1-2H3,(H,21,23)/b20-11-. The van der Waals surface area contributed by atoms with Crippen LogP contribution in [0.2, 0.25) is 0 Å². The minimum atomic E-state index is -0.666. The maximum Gasteiger partial charge on any atom is 0.427 e. The Morgan fingerprint density at radius 2 is 1.88 bits per heavy atom. The van der Waals surface area contributed by atoms with Crippen LogP contribution in [0.3, 0.4) is 0 Å². The number of ether oxygens (including phenoxy) is 3. The van der Waals surface area contributed by atoms with Gasteiger partial charge < -0.3 is 14.2 Å². The van der Waals surface area contributed by atoms with E-state index in [1.165, 1.54) is 43.7 Å². The first-order valence-corrected chi connectivity index (χ1v) is 7.65. The number of methoxy groups -OCH3 is 1. The molecule has 0 bridgehead atoms. The molecule has 0 aromatic heterocycles. The summed E-state index contributed by atoms with van der Waals surface area (Å²) in [6.07, 6.45) is 0.714. The topological polar surface area (TPSA) is 86.2 Å². The molecule has 0 radical (unpaired) electrons. The quantitative estimate of drug-likeness (QED) is 0.370. The third kappa shape index (κ3) is 5.30. The summed E-state index contributed by atoms with van der Waals surface area (Å²) in [6.45, 7) is 1.92. The third-order valence-corrected chi connectivity index (χ3v) is 3.12. The molecule has 0 aliphatic rings. The number of benzene rings is 2. The van der Waals surface area contributed by atoms with E-state index < -0.39 is 17.9 Å². The molecule has 136 valence electrons. The fraction of sp³-hybridized carbons (Fsp3) is 0.167. The molecule has 0 fully saturated rings. The highest BCUT2D eigenvalue weighted by atomic mass is 19.1. The van der Waals surface area contributed by atoms with Crippen molar-refractivity contribution in [3.63, 3.8) is 0 Å². The number of nitrogens with one attached hydrogen (secondary N) is 1. The van der Waals surface area contributed by atoms with Gasteiger partial charge in [-0.25, -0.2) is 19.4 Å². The van der Waals surface area contributed by atoms with Gasteiger partial charge in [0.05, 0.1) is 25.5 Å². The maximum absolute atomic E-state index is 12.9. The summed E-state index contributed by atoms with van der Waals surface area (Å²) in [5.41, 5.74) is 3.00. The van der Waals surface area contributed by atoms with Crippen molar-refractivity contribution in [3.05, 3.63) is 59.4 Å². The molecule has 1 N–H and O–H groups in total. The molecule has 0 spiro atoms. The average molecular weight is 360 g/mol. The molecule has 0 atom stereocenters. The van der Waals surface area contributed by atoms with Gasteiger partial charge in [-0.15, -0.1) is 0 Å². The van der Waals surface area contributed by atoms with E-state index in [4.69, 9.17) is 9.47 Å².